The molecule has 0 atom stereocenters. The molecule has 0 spiro atoms. The standard InChI is InChI=1S/C35H35N3O3/c1-35(2,3)28-16-14-25(15-17-28)22-38-31-19-18-30(36-33(39)24-41-23-26-10-6-4-7-11-26)20-27(31)21-32(38)34(40)37-29-12-8-5-9-13-29/h4-21H,22-24H2,1-3H3,(H,36,39)(H,37,40). The summed E-state index contributed by atoms with van der Waals surface area (Å²) >= 11 is 0. The number of fused-ring (bicyclic) bond motifs is 1. The highest BCUT2D eigenvalue weighted by atomic mass is 16.5. The van der Waals surface area contributed by atoms with Gasteiger partial charge in [-0.25, -0.2) is 0 Å². The molecule has 1 heterocycles. The summed E-state index contributed by atoms with van der Waals surface area (Å²) in [5.74, 6) is -0.431. The summed E-state index contributed by atoms with van der Waals surface area (Å²) in [6.07, 6.45) is 0. The zero-order valence-electron chi connectivity index (χ0n) is 23.7. The van der Waals surface area contributed by atoms with Gasteiger partial charge in [0.05, 0.1) is 6.61 Å². The maximum atomic E-state index is 13.5. The minimum absolute atomic E-state index is 0.0523. The van der Waals surface area contributed by atoms with E-state index >= 15 is 0 Å². The second-order valence-corrected chi connectivity index (χ2v) is 11.2. The Morgan fingerprint density at radius 1 is 0.732 bits per heavy atom. The van der Waals surface area contributed by atoms with Gasteiger partial charge >= 0.3 is 0 Å². The monoisotopic (exact) mass is 545 g/mol. The fraction of sp³-hybridized carbons (Fsp3) is 0.200. The number of aromatic nitrogens is 1. The third-order valence-electron chi connectivity index (χ3n) is 6.95. The number of para-hydroxylation sites is 1. The highest BCUT2D eigenvalue weighted by Gasteiger charge is 2.18. The lowest BCUT2D eigenvalue weighted by atomic mass is 9.87. The Bertz CT molecular complexity index is 1630. The Kier molecular flexibility index (Phi) is 8.31. The van der Waals surface area contributed by atoms with Gasteiger partial charge in [-0.2, -0.15) is 0 Å². The summed E-state index contributed by atoms with van der Waals surface area (Å²) in [5, 5.41) is 6.78. The molecular weight excluding hydrogens is 510 g/mol. The van der Waals surface area contributed by atoms with Gasteiger partial charge in [-0.15, -0.1) is 0 Å². The quantitative estimate of drug-likeness (QED) is 0.203. The zero-order chi connectivity index (χ0) is 28.8. The van der Waals surface area contributed by atoms with Gasteiger partial charge in [0.15, 0.2) is 0 Å². The molecule has 0 aliphatic carbocycles. The maximum absolute atomic E-state index is 13.5. The van der Waals surface area contributed by atoms with E-state index in [1.165, 1.54) is 5.56 Å². The molecule has 6 nitrogen and oxygen atoms in total. The van der Waals surface area contributed by atoms with Crippen molar-refractivity contribution < 1.29 is 14.3 Å². The van der Waals surface area contributed by atoms with Crippen LogP contribution in [0.5, 0.6) is 0 Å². The summed E-state index contributed by atoms with van der Waals surface area (Å²) in [6.45, 7) is 7.43. The number of benzene rings is 4. The van der Waals surface area contributed by atoms with Crippen molar-refractivity contribution in [3.8, 4) is 0 Å². The lowest BCUT2D eigenvalue weighted by Crippen LogP contribution is -2.18. The summed E-state index contributed by atoms with van der Waals surface area (Å²) in [7, 11) is 0. The fourth-order valence-electron chi connectivity index (χ4n) is 4.75. The van der Waals surface area contributed by atoms with E-state index in [1.807, 2.05) is 89.5 Å². The lowest BCUT2D eigenvalue weighted by molar-refractivity contribution is -0.121. The van der Waals surface area contributed by atoms with Crippen molar-refractivity contribution in [1.82, 2.24) is 4.57 Å². The van der Waals surface area contributed by atoms with E-state index in [0.717, 1.165) is 27.7 Å². The molecule has 2 amide bonds. The summed E-state index contributed by atoms with van der Waals surface area (Å²) < 4.78 is 7.60. The molecule has 0 aliphatic heterocycles. The van der Waals surface area contributed by atoms with Crippen molar-refractivity contribution >= 4 is 34.1 Å². The predicted molar refractivity (Wildman–Crippen MR) is 165 cm³/mol. The van der Waals surface area contributed by atoms with Crippen molar-refractivity contribution in [2.45, 2.75) is 39.3 Å². The Morgan fingerprint density at radius 2 is 1.41 bits per heavy atom. The van der Waals surface area contributed by atoms with E-state index in [2.05, 4.69) is 55.7 Å². The van der Waals surface area contributed by atoms with Gasteiger partial charge in [0, 0.05) is 28.8 Å². The number of ether oxygens (including phenoxy) is 1. The molecule has 2 N–H and O–H groups in total. The molecule has 1 aromatic heterocycles. The number of carbonyl (C=O) groups is 2. The summed E-state index contributed by atoms with van der Waals surface area (Å²) in [6, 6.07) is 35.3. The molecule has 5 aromatic rings. The van der Waals surface area contributed by atoms with E-state index in [0.29, 0.717) is 24.5 Å². The normalized spacial score (nSPS) is 11.4. The van der Waals surface area contributed by atoms with E-state index in [1.54, 1.807) is 0 Å². The van der Waals surface area contributed by atoms with Gasteiger partial charge in [-0.05, 0) is 58.5 Å². The Hall–Kier alpha value is -4.68. The molecule has 0 bridgehead atoms. The van der Waals surface area contributed by atoms with Gasteiger partial charge in [0.25, 0.3) is 5.91 Å². The van der Waals surface area contributed by atoms with Crippen LogP contribution in [-0.2, 0) is 28.1 Å². The first-order chi connectivity index (χ1) is 19.8. The van der Waals surface area contributed by atoms with E-state index < -0.39 is 0 Å². The van der Waals surface area contributed by atoms with Gasteiger partial charge in [-0.1, -0.05) is 93.6 Å². The molecule has 6 heteroatoms. The zero-order valence-corrected chi connectivity index (χ0v) is 23.7. The molecule has 0 aliphatic rings. The van der Waals surface area contributed by atoms with Crippen molar-refractivity contribution in [2.24, 2.45) is 0 Å². The second kappa shape index (κ2) is 12.2. The van der Waals surface area contributed by atoms with Crippen LogP contribution in [0.15, 0.2) is 109 Å². The molecule has 0 fully saturated rings. The fourth-order valence-corrected chi connectivity index (χ4v) is 4.75. The molecule has 4 aromatic carbocycles. The van der Waals surface area contributed by atoms with Crippen molar-refractivity contribution in [1.29, 1.82) is 0 Å². The molecule has 5 rings (SSSR count). The topological polar surface area (TPSA) is 72.4 Å². The number of nitrogens with one attached hydrogen (secondary N) is 2. The molecule has 0 saturated carbocycles. The molecular formula is C35H35N3O3. The minimum Gasteiger partial charge on any atom is -0.367 e. The average molecular weight is 546 g/mol. The Morgan fingerprint density at radius 3 is 2.10 bits per heavy atom. The van der Waals surface area contributed by atoms with Gasteiger partial charge in [-0.3, -0.25) is 9.59 Å². The van der Waals surface area contributed by atoms with Crippen LogP contribution in [0.4, 0.5) is 11.4 Å². The van der Waals surface area contributed by atoms with Gasteiger partial charge in [0.1, 0.15) is 12.3 Å². The van der Waals surface area contributed by atoms with E-state index in [9.17, 15) is 9.59 Å². The van der Waals surface area contributed by atoms with Gasteiger partial charge < -0.3 is 19.9 Å². The molecule has 208 valence electrons. The number of hydrogen-bond acceptors (Lipinski definition) is 3. The van der Waals surface area contributed by atoms with Gasteiger partial charge in [0.2, 0.25) is 5.91 Å². The minimum atomic E-state index is -0.235. The number of amides is 2. The molecule has 0 unspecified atom stereocenters. The van der Waals surface area contributed by atoms with Crippen LogP contribution in [0.2, 0.25) is 0 Å². The van der Waals surface area contributed by atoms with Crippen LogP contribution in [0, 0.1) is 0 Å². The number of anilines is 2. The highest BCUT2D eigenvalue weighted by Crippen LogP contribution is 2.27. The molecule has 41 heavy (non-hydrogen) atoms. The molecule has 0 saturated heterocycles. The third-order valence-corrected chi connectivity index (χ3v) is 6.95. The second-order valence-electron chi connectivity index (χ2n) is 11.2. The number of rotatable bonds is 9. The van der Waals surface area contributed by atoms with E-state index in [4.69, 9.17) is 4.74 Å². The van der Waals surface area contributed by atoms with Crippen molar-refractivity contribution in [2.75, 3.05) is 17.2 Å². The maximum Gasteiger partial charge on any atom is 0.272 e. The third kappa shape index (κ3) is 7.10. The summed E-state index contributed by atoms with van der Waals surface area (Å²) in [5.41, 5.74) is 6.25. The van der Waals surface area contributed by atoms with Crippen LogP contribution in [0.1, 0.15) is 48.0 Å². The Labute approximate surface area is 241 Å². The Balaban J connectivity index is 1.38. The molecule has 0 radical (unpaired) electrons. The van der Waals surface area contributed by atoms with Crippen LogP contribution in [-0.4, -0.2) is 23.0 Å². The summed E-state index contributed by atoms with van der Waals surface area (Å²) in [4.78, 5) is 26.0. The first kappa shape index (κ1) is 27.9. The smallest absolute Gasteiger partial charge is 0.272 e. The van der Waals surface area contributed by atoms with Crippen LogP contribution in [0.25, 0.3) is 10.9 Å². The number of hydrogen-bond donors (Lipinski definition) is 2. The SMILES string of the molecule is CC(C)(C)c1ccc(Cn2c(C(=O)Nc3ccccc3)cc3cc(NC(=O)COCc4ccccc4)ccc32)cc1. The number of nitrogens with zero attached hydrogens (tertiary/aromatic N) is 1. The predicted octanol–water partition coefficient (Wildman–Crippen LogP) is 7.39. The van der Waals surface area contributed by atoms with Crippen LogP contribution < -0.4 is 10.6 Å². The largest absolute Gasteiger partial charge is 0.367 e. The average Bonchev–Trinajstić information content (AvgIpc) is 3.31. The highest BCUT2D eigenvalue weighted by molar-refractivity contribution is 6.07. The first-order valence-electron chi connectivity index (χ1n) is 13.8. The van der Waals surface area contributed by atoms with Crippen molar-refractivity contribution in [3.63, 3.8) is 0 Å². The van der Waals surface area contributed by atoms with Crippen molar-refractivity contribution in [3.05, 3.63) is 132 Å². The van der Waals surface area contributed by atoms with E-state index in [-0.39, 0.29) is 23.8 Å². The van der Waals surface area contributed by atoms with Crippen LogP contribution in [0.3, 0.4) is 0 Å². The first-order valence-corrected chi connectivity index (χ1v) is 13.8. The van der Waals surface area contributed by atoms with Crippen LogP contribution >= 0.6 is 0 Å². The number of carbonyl (C=O) groups excluding carboxylic acids is 2. The lowest BCUT2D eigenvalue weighted by Gasteiger charge is -2.19.